The molecule has 0 aliphatic carbocycles. The van der Waals surface area contributed by atoms with Crippen LogP contribution in [-0.2, 0) is 6.54 Å². The molecule has 2 rings (SSSR count). The smallest absolute Gasteiger partial charge is 0.190 e. The van der Waals surface area contributed by atoms with Crippen LogP contribution in [0.4, 0.5) is 10.8 Å². The van der Waals surface area contributed by atoms with Crippen molar-refractivity contribution in [2.45, 2.75) is 40.7 Å². The molecule has 0 amide bonds. The SMILES string of the molecule is CCCNCc1sc(N(CC)c2ccccc2C)nc1C. The minimum absolute atomic E-state index is 0.919. The molecule has 21 heavy (non-hydrogen) atoms. The summed E-state index contributed by atoms with van der Waals surface area (Å²) in [6, 6.07) is 8.50. The molecule has 2 aromatic rings. The number of aromatic nitrogens is 1. The van der Waals surface area contributed by atoms with Crippen molar-refractivity contribution in [2.24, 2.45) is 0 Å². The summed E-state index contributed by atoms with van der Waals surface area (Å²) in [6.45, 7) is 11.5. The van der Waals surface area contributed by atoms with Crippen molar-refractivity contribution in [1.82, 2.24) is 10.3 Å². The highest BCUT2D eigenvalue weighted by Crippen LogP contribution is 2.33. The van der Waals surface area contributed by atoms with Gasteiger partial charge in [-0.1, -0.05) is 36.5 Å². The van der Waals surface area contributed by atoms with Crippen molar-refractivity contribution in [2.75, 3.05) is 18.0 Å². The molecule has 1 N–H and O–H groups in total. The first-order valence-electron chi connectivity index (χ1n) is 7.67. The Bertz CT molecular complexity index is 577. The lowest BCUT2D eigenvalue weighted by atomic mass is 10.2. The van der Waals surface area contributed by atoms with Crippen LogP contribution in [0.2, 0.25) is 0 Å². The first-order valence-corrected chi connectivity index (χ1v) is 8.49. The first kappa shape index (κ1) is 16.0. The van der Waals surface area contributed by atoms with Gasteiger partial charge in [0.1, 0.15) is 0 Å². The van der Waals surface area contributed by atoms with E-state index in [2.05, 4.69) is 62.2 Å². The summed E-state index contributed by atoms with van der Waals surface area (Å²) in [4.78, 5) is 8.42. The van der Waals surface area contributed by atoms with Crippen molar-refractivity contribution in [3.63, 3.8) is 0 Å². The second-order valence-electron chi connectivity index (χ2n) is 5.21. The van der Waals surface area contributed by atoms with Gasteiger partial charge in [-0.3, -0.25) is 0 Å². The molecule has 0 saturated carbocycles. The van der Waals surface area contributed by atoms with Gasteiger partial charge in [0, 0.05) is 23.7 Å². The number of aryl methyl sites for hydroxylation is 2. The zero-order valence-corrected chi connectivity index (χ0v) is 14.3. The third kappa shape index (κ3) is 3.83. The molecule has 114 valence electrons. The molecule has 0 fully saturated rings. The van der Waals surface area contributed by atoms with Gasteiger partial charge in [0.15, 0.2) is 5.13 Å². The number of nitrogens with one attached hydrogen (secondary N) is 1. The lowest BCUT2D eigenvalue weighted by Crippen LogP contribution is -2.16. The van der Waals surface area contributed by atoms with E-state index < -0.39 is 0 Å². The minimum atomic E-state index is 0.919. The summed E-state index contributed by atoms with van der Waals surface area (Å²) in [5.74, 6) is 0. The Kier molecular flexibility index (Phi) is 5.76. The molecule has 4 heteroatoms. The molecule has 0 unspecified atom stereocenters. The van der Waals surface area contributed by atoms with Gasteiger partial charge in [-0.05, 0) is 45.4 Å². The Labute approximate surface area is 132 Å². The summed E-state index contributed by atoms with van der Waals surface area (Å²) in [6.07, 6.45) is 1.16. The summed E-state index contributed by atoms with van der Waals surface area (Å²) in [5.41, 5.74) is 3.69. The second-order valence-corrected chi connectivity index (χ2v) is 6.27. The lowest BCUT2D eigenvalue weighted by Gasteiger charge is -2.21. The van der Waals surface area contributed by atoms with Crippen molar-refractivity contribution in [1.29, 1.82) is 0 Å². The quantitative estimate of drug-likeness (QED) is 0.768. The van der Waals surface area contributed by atoms with Crippen LogP contribution in [0.25, 0.3) is 0 Å². The topological polar surface area (TPSA) is 28.2 Å². The number of benzene rings is 1. The maximum Gasteiger partial charge on any atom is 0.190 e. The van der Waals surface area contributed by atoms with Crippen LogP contribution in [0.1, 0.15) is 36.4 Å². The number of rotatable bonds is 7. The fourth-order valence-electron chi connectivity index (χ4n) is 2.35. The Morgan fingerprint density at radius 2 is 1.95 bits per heavy atom. The Hall–Kier alpha value is -1.39. The van der Waals surface area contributed by atoms with Crippen LogP contribution in [-0.4, -0.2) is 18.1 Å². The predicted octanol–water partition coefficient (Wildman–Crippen LogP) is 4.42. The van der Waals surface area contributed by atoms with E-state index in [9.17, 15) is 0 Å². The van der Waals surface area contributed by atoms with Crippen LogP contribution in [0.15, 0.2) is 24.3 Å². The molecule has 0 saturated heterocycles. The summed E-state index contributed by atoms with van der Waals surface area (Å²) in [5, 5.41) is 4.56. The van der Waals surface area contributed by atoms with Gasteiger partial charge < -0.3 is 10.2 Å². The maximum absolute atomic E-state index is 4.78. The fourth-order valence-corrected chi connectivity index (χ4v) is 3.45. The van der Waals surface area contributed by atoms with Crippen LogP contribution in [0.5, 0.6) is 0 Å². The standard InChI is InChI=1S/C17H25N3S/c1-5-11-18-12-16-14(4)19-17(21-16)20(6-2)15-10-8-7-9-13(15)3/h7-10,18H,5-6,11-12H2,1-4H3. The van der Waals surface area contributed by atoms with Gasteiger partial charge in [0.05, 0.1) is 5.69 Å². The Morgan fingerprint density at radius 3 is 2.62 bits per heavy atom. The van der Waals surface area contributed by atoms with E-state index in [1.807, 2.05) is 0 Å². The van der Waals surface area contributed by atoms with Crippen LogP contribution in [0.3, 0.4) is 0 Å². The van der Waals surface area contributed by atoms with Crippen molar-refractivity contribution in [3.8, 4) is 0 Å². The van der Waals surface area contributed by atoms with Gasteiger partial charge in [-0.25, -0.2) is 4.98 Å². The number of thiazole rings is 1. The van der Waals surface area contributed by atoms with Gasteiger partial charge in [0.2, 0.25) is 0 Å². The molecule has 3 nitrogen and oxygen atoms in total. The first-order chi connectivity index (χ1) is 10.2. The average Bonchev–Trinajstić information content (AvgIpc) is 2.83. The van der Waals surface area contributed by atoms with E-state index in [-0.39, 0.29) is 0 Å². The molecule has 0 atom stereocenters. The summed E-state index contributed by atoms with van der Waals surface area (Å²) in [7, 11) is 0. The highest BCUT2D eigenvalue weighted by Gasteiger charge is 2.15. The van der Waals surface area contributed by atoms with E-state index >= 15 is 0 Å². The Morgan fingerprint density at radius 1 is 1.19 bits per heavy atom. The highest BCUT2D eigenvalue weighted by atomic mass is 32.1. The minimum Gasteiger partial charge on any atom is -0.318 e. The maximum atomic E-state index is 4.78. The van der Waals surface area contributed by atoms with Crippen molar-refractivity contribution >= 4 is 22.2 Å². The third-order valence-electron chi connectivity index (χ3n) is 3.55. The molecule has 0 radical (unpaired) electrons. The van der Waals surface area contributed by atoms with Gasteiger partial charge in [-0.2, -0.15) is 0 Å². The lowest BCUT2D eigenvalue weighted by molar-refractivity contribution is 0.678. The monoisotopic (exact) mass is 303 g/mol. The third-order valence-corrected chi connectivity index (χ3v) is 4.73. The van der Waals surface area contributed by atoms with E-state index in [1.165, 1.54) is 16.1 Å². The van der Waals surface area contributed by atoms with Gasteiger partial charge >= 0.3 is 0 Å². The molecule has 0 aliphatic rings. The molecule has 0 bridgehead atoms. The normalized spacial score (nSPS) is 10.9. The molecule has 0 aliphatic heterocycles. The summed E-state index contributed by atoms with van der Waals surface area (Å²) >= 11 is 1.80. The van der Waals surface area contributed by atoms with E-state index in [0.717, 1.165) is 36.9 Å². The number of anilines is 2. The number of nitrogens with zero attached hydrogens (tertiary/aromatic N) is 2. The molecular weight excluding hydrogens is 278 g/mol. The van der Waals surface area contributed by atoms with Crippen molar-refractivity contribution in [3.05, 3.63) is 40.4 Å². The number of para-hydroxylation sites is 1. The largest absolute Gasteiger partial charge is 0.318 e. The van der Waals surface area contributed by atoms with Crippen LogP contribution < -0.4 is 10.2 Å². The zero-order valence-electron chi connectivity index (χ0n) is 13.4. The Balaban J connectivity index is 2.23. The molecule has 0 spiro atoms. The van der Waals surface area contributed by atoms with Crippen LogP contribution >= 0.6 is 11.3 Å². The second kappa shape index (κ2) is 7.57. The zero-order chi connectivity index (χ0) is 15.2. The highest BCUT2D eigenvalue weighted by molar-refractivity contribution is 7.15. The number of hydrogen-bond acceptors (Lipinski definition) is 4. The van der Waals surface area contributed by atoms with E-state index in [0.29, 0.717) is 0 Å². The van der Waals surface area contributed by atoms with Gasteiger partial charge in [-0.15, -0.1) is 0 Å². The predicted molar refractivity (Wildman–Crippen MR) is 92.7 cm³/mol. The molecule has 1 aromatic carbocycles. The van der Waals surface area contributed by atoms with Crippen molar-refractivity contribution < 1.29 is 0 Å². The van der Waals surface area contributed by atoms with E-state index in [1.54, 1.807) is 11.3 Å². The fraction of sp³-hybridized carbons (Fsp3) is 0.471. The average molecular weight is 303 g/mol. The van der Waals surface area contributed by atoms with E-state index in [4.69, 9.17) is 4.98 Å². The molecule has 1 aromatic heterocycles. The van der Waals surface area contributed by atoms with Gasteiger partial charge in [0.25, 0.3) is 0 Å². The molecular formula is C17H25N3S. The van der Waals surface area contributed by atoms with Crippen LogP contribution in [0, 0.1) is 13.8 Å². The molecule has 1 heterocycles. The number of hydrogen-bond donors (Lipinski definition) is 1. The summed E-state index contributed by atoms with van der Waals surface area (Å²) < 4.78 is 0.